The molecule has 1 unspecified atom stereocenters. The zero-order valence-electron chi connectivity index (χ0n) is 8.75. The highest BCUT2D eigenvalue weighted by Gasteiger charge is 2.12. The van der Waals surface area contributed by atoms with Crippen molar-refractivity contribution in [3.8, 4) is 0 Å². The van der Waals surface area contributed by atoms with Crippen molar-refractivity contribution >= 4 is 17.7 Å². The molecule has 0 aliphatic rings. The number of aliphatic carboxylic acids is 1. The molecule has 1 aromatic heterocycles. The lowest BCUT2D eigenvalue weighted by atomic mass is 10.3. The van der Waals surface area contributed by atoms with Crippen LogP contribution >= 0.6 is 11.8 Å². The maximum Gasteiger partial charge on any atom is 0.325 e. The predicted octanol–water partition coefficient (Wildman–Crippen LogP) is 1.04. The van der Waals surface area contributed by atoms with Gasteiger partial charge in [-0.3, -0.25) is 4.79 Å². The summed E-state index contributed by atoms with van der Waals surface area (Å²) in [5.41, 5.74) is 0. The van der Waals surface area contributed by atoms with Crippen molar-refractivity contribution in [2.75, 3.05) is 0 Å². The minimum absolute atomic E-state index is 0.186. The molecule has 0 aliphatic carbocycles. The largest absolute Gasteiger partial charge is 0.480 e. The van der Waals surface area contributed by atoms with Crippen LogP contribution in [-0.4, -0.2) is 36.5 Å². The van der Waals surface area contributed by atoms with Gasteiger partial charge in [0.2, 0.25) is 5.16 Å². The number of carboxylic acids is 1. The molecular formula is C8H14N4O2S. The fourth-order valence-electron chi connectivity index (χ4n) is 1.15. The Balaban J connectivity index is 2.60. The number of rotatable bonds is 6. The summed E-state index contributed by atoms with van der Waals surface area (Å²) in [6.07, 6.45) is 2.15. The summed E-state index contributed by atoms with van der Waals surface area (Å²) < 4.78 is 1.30. The normalized spacial score (nSPS) is 12.7. The van der Waals surface area contributed by atoms with Gasteiger partial charge in [0.15, 0.2) is 0 Å². The minimum atomic E-state index is -0.938. The molecule has 0 bridgehead atoms. The molecule has 0 saturated carbocycles. The Hall–Kier alpha value is -1.11. The smallest absolute Gasteiger partial charge is 0.325 e. The summed E-state index contributed by atoms with van der Waals surface area (Å²) >= 11 is 1.51. The highest BCUT2D eigenvalue weighted by molar-refractivity contribution is 7.99. The van der Waals surface area contributed by atoms with Crippen molar-refractivity contribution < 1.29 is 9.90 Å². The Bertz CT molecular complexity index is 328. The molecule has 1 heterocycles. The van der Waals surface area contributed by atoms with Crippen LogP contribution in [-0.2, 0) is 11.3 Å². The van der Waals surface area contributed by atoms with Crippen LogP contribution in [0.25, 0.3) is 0 Å². The van der Waals surface area contributed by atoms with Gasteiger partial charge in [-0.2, -0.15) is 0 Å². The summed E-state index contributed by atoms with van der Waals surface area (Å²) in [7, 11) is 0. The van der Waals surface area contributed by atoms with E-state index < -0.39 is 5.97 Å². The van der Waals surface area contributed by atoms with Crippen molar-refractivity contribution in [3.63, 3.8) is 0 Å². The SMILES string of the molecule is CCCC(C)Sc1nnnn1CC(=O)O. The van der Waals surface area contributed by atoms with Gasteiger partial charge in [0.05, 0.1) is 0 Å². The van der Waals surface area contributed by atoms with E-state index in [9.17, 15) is 4.79 Å². The van der Waals surface area contributed by atoms with Crippen LogP contribution in [0.15, 0.2) is 5.16 Å². The Labute approximate surface area is 92.0 Å². The first-order valence-corrected chi connectivity index (χ1v) is 5.66. The van der Waals surface area contributed by atoms with E-state index >= 15 is 0 Å². The molecule has 15 heavy (non-hydrogen) atoms. The molecule has 0 amide bonds. The van der Waals surface area contributed by atoms with Crippen LogP contribution in [0.1, 0.15) is 26.7 Å². The van der Waals surface area contributed by atoms with Crippen LogP contribution in [0, 0.1) is 0 Å². The first-order chi connectivity index (χ1) is 7.13. The Morgan fingerprint density at radius 3 is 3.00 bits per heavy atom. The van der Waals surface area contributed by atoms with Crippen molar-refractivity contribution in [1.29, 1.82) is 0 Å². The molecule has 0 aliphatic heterocycles. The lowest BCUT2D eigenvalue weighted by Gasteiger charge is -2.07. The topological polar surface area (TPSA) is 80.9 Å². The molecule has 1 rings (SSSR count). The summed E-state index contributed by atoms with van der Waals surface area (Å²) in [4.78, 5) is 10.5. The molecule has 0 radical (unpaired) electrons. The van der Waals surface area contributed by atoms with E-state index in [1.54, 1.807) is 0 Å². The van der Waals surface area contributed by atoms with E-state index in [1.165, 1.54) is 16.4 Å². The van der Waals surface area contributed by atoms with Gasteiger partial charge in [-0.05, 0) is 16.8 Å². The van der Waals surface area contributed by atoms with Gasteiger partial charge in [-0.1, -0.05) is 32.0 Å². The van der Waals surface area contributed by atoms with Crippen molar-refractivity contribution in [1.82, 2.24) is 20.2 Å². The number of carboxylic acid groups (broad SMARTS) is 1. The van der Waals surface area contributed by atoms with Gasteiger partial charge in [-0.15, -0.1) is 5.10 Å². The van der Waals surface area contributed by atoms with Crippen LogP contribution in [0.5, 0.6) is 0 Å². The van der Waals surface area contributed by atoms with E-state index in [1.807, 2.05) is 0 Å². The van der Waals surface area contributed by atoms with E-state index in [4.69, 9.17) is 5.11 Å². The van der Waals surface area contributed by atoms with Gasteiger partial charge in [0.1, 0.15) is 6.54 Å². The number of hydrogen-bond acceptors (Lipinski definition) is 5. The average molecular weight is 230 g/mol. The van der Waals surface area contributed by atoms with Gasteiger partial charge < -0.3 is 5.11 Å². The predicted molar refractivity (Wildman–Crippen MR) is 55.7 cm³/mol. The molecule has 0 fully saturated rings. The first kappa shape index (κ1) is 12.0. The maximum atomic E-state index is 10.5. The number of thioether (sulfide) groups is 1. The van der Waals surface area contributed by atoms with E-state index in [0.717, 1.165) is 12.8 Å². The van der Waals surface area contributed by atoms with Crippen LogP contribution < -0.4 is 0 Å². The van der Waals surface area contributed by atoms with Crippen molar-refractivity contribution in [2.24, 2.45) is 0 Å². The first-order valence-electron chi connectivity index (χ1n) is 4.78. The Morgan fingerprint density at radius 1 is 1.67 bits per heavy atom. The Morgan fingerprint density at radius 2 is 2.40 bits per heavy atom. The molecule has 0 aromatic carbocycles. The number of aromatic nitrogens is 4. The standard InChI is InChI=1S/C8H14N4O2S/c1-3-4-6(2)15-8-9-10-11-12(8)5-7(13)14/h6H,3-5H2,1-2H3,(H,13,14). The quantitative estimate of drug-likeness (QED) is 0.735. The second kappa shape index (κ2) is 5.69. The number of hydrogen-bond donors (Lipinski definition) is 1. The van der Waals surface area contributed by atoms with Crippen LogP contribution in [0.2, 0.25) is 0 Å². The Kier molecular flexibility index (Phi) is 4.54. The molecule has 6 nitrogen and oxygen atoms in total. The third-order valence-electron chi connectivity index (χ3n) is 1.79. The maximum absolute atomic E-state index is 10.5. The average Bonchev–Trinajstić information content (AvgIpc) is 2.52. The third kappa shape index (κ3) is 3.86. The summed E-state index contributed by atoms with van der Waals surface area (Å²) in [6.45, 7) is 4.00. The fourth-order valence-corrected chi connectivity index (χ4v) is 2.17. The van der Waals surface area contributed by atoms with E-state index in [2.05, 4.69) is 29.4 Å². The molecule has 7 heteroatoms. The fraction of sp³-hybridized carbons (Fsp3) is 0.750. The molecule has 0 saturated heterocycles. The second-order valence-corrected chi connectivity index (χ2v) is 4.64. The van der Waals surface area contributed by atoms with E-state index in [-0.39, 0.29) is 6.54 Å². The van der Waals surface area contributed by atoms with Gasteiger partial charge in [-0.25, -0.2) is 4.68 Å². The minimum Gasteiger partial charge on any atom is -0.480 e. The molecule has 1 N–H and O–H groups in total. The van der Waals surface area contributed by atoms with Crippen molar-refractivity contribution in [3.05, 3.63) is 0 Å². The summed E-state index contributed by atoms with van der Waals surface area (Å²) in [6, 6.07) is 0. The summed E-state index contributed by atoms with van der Waals surface area (Å²) in [5.74, 6) is -0.938. The van der Waals surface area contributed by atoms with Crippen LogP contribution in [0.4, 0.5) is 0 Å². The third-order valence-corrected chi connectivity index (χ3v) is 2.93. The highest BCUT2D eigenvalue weighted by Crippen LogP contribution is 2.22. The molecule has 1 atom stereocenters. The van der Waals surface area contributed by atoms with Crippen LogP contribution in [0.3, 0.4) is 0 Å². The molecular weight excluding hydrogens is 216 g/mol. The lowest BCUT2D eigenvalue weighted by molar-refractivity contribution is -0.138. The number of tetrazole rings is 1. The highest BCUT2D eigenvalue weighted by atomic mass is 32.2. The van der Waals surface area contributed by atoms with Crippen molar-refractivity contribution in [2.45, 2.75) is 43.6 Å². The second-order valence-electron chi connectivity index (χ2n) is 3.23. The zero-order valence-corrected chi connectivity index (χ0v) is 9.57. The van der Waals surface area contributed by atoms with Gasteiger partial charge in [0.25, 0.3) is 0 Å². The van der Waals surface area contributed by atoms with Gasteiger partial charge in [0, 0.05) is 5.25 Å². The molecule has 0 spiro atoms. The molecule has 1 aromatic rings. The monoisotopic (exact) mass is 230 g/mol. The van der Waals surface area contributed by atoms with Gasteiger partial charge >= 0.3 is 5.97 Å². The number of nitrogens with zero attached hydrogens (tertiary/aromatic N) is 4. The number of carbonyl (C=O) groups is 1. The lowest BCUT2D eigenvalue weighted by Crippen LogP contribution is -2.12. The zero-order chi connectivity index (χ0) is 11.3. The van der Waals surface area contributed by atoms with E-state index in [0.29, 0.717) is 10.4 Å². The summed E-state index contributed by atoms with van der Waals surface area (Å²) in [5, 5.41) is 20.5. The molecule has 84 valence electrons.